The van der Waals surface area contributed by atoms with Gasteiger partial charge in [-0.15, -0.1) is 0 Å². The lowest BCUT2D eigenvalue weighted by atomic mass is 10.0. The van der Waals surface area contributed by atoms with Crippen LogP contribution >= 0.6 is 23.2 Å². The maximum absolute atomic E-state index is 10.9. The third-order valence-corrected chi connectivity index (χ3v) is 3.08. The molecule has 0 atom stereocenters. The van der Waals surface area contributed by atoms with Crippen LogP contribution in [0.2, 0.25) is 10.2 Å². The second kappa shape index (κ2) is 3.92. The highest BCUT2D eigenvalue weighted by Gasteiger charge is 2.12. The van der Waals surface area contributed by atoms with Crippen molar-refractivity contribution in [2.75, 3.05) is 0 Å². The molecule has 1 N–H and O–H groups in total. The summed E-state index contributed by atoms with van der Waals surface area (Å²) in [6, 6.07) is 4.76. The fourth-order valence-corrected chi connectivity index (χ4v) is 1.87. The molecule has 1 heterocycles. The van der Waals surface area contributed by atoms with Crippen LogP contribution in [0.1, 0.15) is 15.9 Å². The summed E-state index contributed by atoms with van der Waals surface area (Å²) in [4.78, 5) is 15.0. The van der Waals surface area contributed by atoms with E-state index in [1.807, 2.05) is 0 Å². The predicted octanol–water partition coefficient (Wildman–Crippen LogP) is 3.55. The minimum atomic E-state index is -0.967. The number of hydrogen-bond acceptors (Lipinski definition) is 2. The lowest BCUT2D eigenvalue weighted by molar-refractivity contribution is 0.0696. The number of pyridine rings is 1. The van der Waals surface area contributed by atoms with Crippen molar-refractivity contribution in [1.82, 2.24) is 4.98 Å². The van der Waals surface area contributed by atoms with Crippen LogP contribution < -0.4 is 0 Å². The van der Waals surface area contributed by atoms with Crippen molar-refractivity contribution in [3.05, 3.63) is 39.5 Å². The number of aryl methyl sites for hydroxylation is 1. The molecule has 0 aliphatic rings. The molecule has 2 aromatic rings. The van der Waals surface area contributed by atoms with Gasteiger partial charge in [0.1, 0.15) is 5.15 Å². The molecule has 0 aliphatic heterocycles. The van der Waals surface area contributed by atoms with E-state index in [2.05, 4.69) is 4.98 Å². The molecule has 0 amide bonds. The third-order valence-electron chi connectivity index (χ3n) is 2.41. The molecular formula is C11H7Cl2NO2. The van der Waals surface area contributed by atoms with Gasteiger partial charge in [-0.25, -0.2) is 9.78 Å². The van der Waals surface area contributed by atoms with Gasteiger partial charge in [0.2, 0.25) is 0 Å². The Bertz CT molecular complexity index is 596. The number of halogens is 2. The van der Waals surface area contributed by atoms with Crippen molar-refractivity contribution in [3.63, 3.8) is 0 Å². The van der Waals surface area contributed by atoms with Gasteiger partial charge in [-0.1, -0.05) is 23.2 Å². The van der Waals surface area contributed by atoms with Gasteiger partial charge in [-0.3, -0.25) is 0 Å². The monoisotopic (exact) mass is 255 g/mol. The van der Waals surface area contributed by atoms with E-state index in [1.165, 1.54) is 6.07 Å². The summed E-state index contributed by atoms with van der Waals surface area (Å²) in [5.74, 6) is -0.967. The Balaban J connectivity index is 2.84. The molecule has 1 aromatic heterocycles. The molecule has 1 aromatic carbocycles. The van der Waals surface area contributed by atoms with Crippen molar-refractivity contribution in [2.24, 2.45) is 0 Å². The van der Waals surface area contributed by atoms with Crippen LogP contribution in [-0.2, 0) is 0 Å². The lowest BCUT2D eigenvalue weighted by Crippen LogP contribution is -2.00. The van der Waals surface area contributed by atoms with Crippen LogP contribution in [0.15, 0.2) is 18.2 Å². The van der Waals surface area contributed by atoms with Gasteiger partial charge in [-0.05, 0) is 30.7 Å². The maximum atomic E-state index is 10.9. The summed E-state index contributed by atoms with van der Waals surface area (Å²) >= 11 is 11.6. The Morgan fingerprint density at radius 1 is 1.38 bits per heavy atom. The molecule has 0 bridgehead atoms. The number of rotatable bonds is 1. The second-order valence-corrected chi connectivity index (χ2v) is 4.14. The smallest absolute Gasteiger partial charge is 0.335 e. The van der Waals surface area contributed by atoms with E-state index >= 15 is 0 Å². The summed E-state index contributed by atoms with van der Waals surface area (Å²) in [7, 11) is 0. The second-order valence-electron chi connectivity index (χ2n) is 3.37. The van der Waals surface area contributed by atoms with Crippen LogP contribution in [0.3, 0.4) is 0 Å². The summed E-state index contributed by atoms with van der Waals surface area (Å²) in [5.41, 5.74) is 1.51. The van der Waals surface area contributed by atoms with E-state index < -0.39 is 5.97 Å². The van der Waals surface area contributed by atoms with Crippen LogP contribution in [0.25, 0.3) is 10.9 Å². The summed E-state index contributed by atoms with van der Waals surface area (Å²) in [5, 5.41) is 10.2. The number of carboxylic acid groups (broad SMARTS) is 1. The highest BCUT2D eigenvalue weighted by atomic mass is 35.5. The number of benzene rings is 1. The Hall–Kier alpha value is -1.32. The molecule has 0 fully saturated rings. The Labute approximate surface area is 102 Å². The molecular weight excluding hydrogens is 249 g/mol. The van der Waals surface area contributed by atoms with Crippen molar-refractivity contribution >= 4 is 40.1 Å². The van der Waals surface area contributed by atoms with Gasteiger partial charge >= 0.3 is 5.97 Å². The van der Waals surface area contributed by atoms with Gasteiger partial charge < -0.3 is 5.11 Å². The first-order valence-electron chi connectivity index (χ1n) is 4.49. The fourth-order valence-electron chi connectivity index (χ4n) is 1.57. The van der Waals surface area contributed by atoms with E-state index in [1.54, 1.807) is 19.1 Å². The van der Waals surface area contributed by atoms with Crippen LogP contribution in [0.4, 0.5) is 0 Å². The molecule has 0 saturated heterocycles. The number of hydrogen-bond donors (Lipinski definition) is 1. The average Bonchev–Trinajstić information content (AvgIpc) is 2.21. The number of aromatic nitrogens is 1. The minimum Gasteiger partial charge on any atom is -0.478 e. The fraction of sp³-hybridized carbons (Fsp3) is 0.0909. The molecule has 0 saturated carbocycles. The zero-order chi connectivity index (χ0) is 11.9. The largest absolute Gasteiger partial charge is 0.478 e. The van der Waals surface area contributed by atoms with Crippen molar-refractivity contribution in [3.8, 4) is 0 Å². The number of nitrogens with zero attached hydrogens (tertiary/aromatic N) is 1. The normalized spacial score (nSPS) is 10.7. The third kappa shape index (κ3) is 1.72. The summed E-state index contributed by atoms with van der Waals surface area (Å²) < 4.78 is 0. The van der Waals surface area contributed by atoms with E-state index in [4.69, 9.17) is 28.3 Å². The lowest BCUT2D eigenvalue weighted by Gasteiger charge is -2.06. The molecule has 0 aliphatic carbocycles. The molecule has 0 unspecified atom stereocenters. The van der Waals surface area contributed by atoms with Crippen LogP contribution in [-0.4, -0.2) is 16.1 Å². The Kier molecular flexibility index (Phi) is 2.74. The maximum Gasteiger partial charge on any atom is 0.335 e. The standard InChI is InChI=1S/C11H7Cl2NO2/c1-5-6(11(15)16)2-3-9-7(5)4-8(12)10(13)14-9/h2-4H,1H3,(H,15,16). The van der Waals surface area contributed by atoms with E-state index in [9.17, 15) is 4.79 Å². The molecule has 3 nitrogen and oxygen atoms in total. The number of carboxylic acids is 1. The Morgan fingerprint density at radius 2 is 2.06 bits per heavy atom. The van der Waals surface area contributed by atoms with E-state index in [-0.39, 0.29) is 10.7 Å². The first-order chi connectivity index (χ1) is 7.50. The summed E-state index contributed by atoms with van der Waals surface area (Å²) in [6.07, 6.45) is 0. The zero-order valence-corrected chi connectivity index (χ0v) is 9.80. The number of fused-ring (bicyclic) bond motifs is 1. The highest BCUT2D eigenvalue weighted by Crippen LogP contribution is 2.28. The molecule has 5 heteroatoms. The Morgan fingerprint density at radius 3 is 2.69 bits per heavy atom. The van der Waals surface area contributed by atoms with Gasteiger partial charge in [0.25, 0.3) is 0 Å². The minimum absolute atomic E-state index is 0.219. The first kappa shape index (κ1) is 11.2. The molecule has 82 valence electrons. The molecule has 2 rings (SSSR count). The van der Waals surface area contributed by atoms with Crippen molar-refractivity contribution in [1.29, 1.82) is 0 Å². The van der Waals surface area contributed by atoms with Gasteiger partial charge in [0.05, 0.1) is 16.1 Å². The van der Waals surface area contributed by atoms with E-state index in [0.29, 0.717) is 21.5 Å². The van der Waals surface area contributed by atoms with Crippen molar-refractivity contribution < 1.29 is 9.90 Å². The van der Waals surface area contributed by atoms with Crippen LogP contribution in [0, 0.1) is 6.92 Å². The van der Waals surface area contributed by atoms with Crippen molar-refractivity contribution in [2.45, 2.75) is 6.92 Å². The zero-order valence-electron chi connectivity index (χ0n) is 8.29. The quantitative estimate of drug-likeness (QED) is 0.793. The number of carbonyl (C=O) groups is 1. The molecule has 0 spiro atoms. The molecule has 16 heavy (non-hydrogen) atoms. The van der Waals surface area contributed by atoms with Gasteiger partial charge in [0, 0.05) is 5.39 Å². The van der Waals surface area contributed by atoms with E-state index in [0.717, 1.165) is 0 Å². The van der Waals surface area contributed by atoms with Gasteiger partial charge in [-0.2, -0.15) is 0 Å². The summed E-state index contributed by atoms with van der Waals surface area (Å²) in [6.45, 7) is 1.72. The van der Waals surface area contributed by atoms with Crippen LogP contribution in [0.5, 0.6) is 0 Å². The molecule has 0 radical (unpaired) electrons. The van der Waals surface area contributed by atoms with Gasteiger partial charge in [0.15, 0.2) is 0 Å². The number of aromatic carboxylic acids is 1. The topological polar surface area (TPSA) is 50.2 Å². The predicted molar refractivity (Wildman–Crippen MR) is 63.5 cm³/mol. The first-order valence-corrected chi connectivity index (χ1v) is 5.25. The SMILES string of the molecule is Cc1c(C(=O)O)ccc2nc(Cl)c(Cl)cc12. The average molecular weight is 256 g/mol. The highest BCUT2D eigenvalue weighted by molar-refractivity contribution is 6.41.